The molecule has 8 nitrogen and oxygen atoms in total. The van der Waals surface area contributed by atoms with Gasteiger partial charge in [0.25, 0.3) is 5.91 Å². The fraction of sp³-hybridized carbons (Fsp3) is 0.526. The summed E-state index contributed by atoms with van der Waals surface area (Å²) in [7, 11) is 0. The predicted molar refractivity (Wildman–Crippen MR) is 94.4 cm³/mol. The molecule has 1 aromatic rings. The molecule has 8 heteroatoms. The van der Waals surface area contributed by atoms with E-state index in [1.54, 1.807) is 13.8 Å². The average molecular weight is 379 g/mol. The van der Waals surface area contributed by atoms with Crippen molar-refractivity contribution < 1.29 is 33.7 Å². The van der Waals surface area contributed by atoms with Crippen molar-refractivity contribution in [2.24, 2.45) is 5.92 Å². The van der Waals surface area contributed by atoms with Gasteiger partial charge in [-0.25, -0.2) is 0 Å². The van der Waals surface area contributed by atoms with E-state index in [-0.39, 0.29) is 32.9 Å². The Hall–Kier alpha value is -2.45. The zero-order valence-corrected chi connectivity index (χ0v) is 15.5. The minimum absolute atomic E-state index is 0.0484. The van der Waals surface area contributed by atoms with Crippen molar-refractivity contribution in [3.05, 3.63) is 35.9 Å². The van der Waals surface area contributed by atoms with Crippen LogP contribution in [0.5, 0.6) is 0 Å². The van der Waals surface area contributed by atoms with Crippen LogP contribution in [0.4, 0.5) is 0 Å². The van der Waals surface area contributed by atoms with E-state index in [1.807, 2.05) is 30.3 Å². The number of morpholine rings is 1. The number of esters is 2. The monoisotopic (exact) mass is 379 g/mol. The molecule has 1 aliphatic heterocycles. The Balaban J connectivity index is 2.28. The van der Waals surface area contributed by atoms with E-state index in [1.165, 1.54) is 4.90 Å². The van der Waals surface area contributed by atoms with Crippen LogP contribution < -0.4 is 0 Å². The van der Waals surface area contributed by atoms with Gasteiger partial charge in [-0.15, -0.1) is 0 Å². The van der Waals surface area contributed by atoms with Gasteiger partial charge in [0, 0.05) is 13.1 Å². The van der Waals surface area contributed by atoms with E-state index in [0.29, 0.717) is 0 Å². The normalized spacial score (nSPS) is 19.9. The highest BCUT2D eigenvalue weighted by Gasteiger charge is 2.48. The molecule has 27 heavy (non-hydrogen) atoms. The van der Waals surface area contributed by atoms with Gasteiger partial charge in [0.1, 0.15) is 0 Å². The molecule has 0 bridgehead atoms. The van der Waals surface area contributed by atoms with Gasteiger partial charge in [0.05, 0.1) is 25.9 Å². The van der Waals surface area contributed by atoms with Crippen molar-refractivity contribution in [1.29, 1.82) is 0 Å². The summed E-state index contributed by atoms with van der Waals surface area (Å²) in [6, 6.07) is 9.28. The number of rotatable bonds is 8. The zero-order valence-electron chi connectivity index (χ0n) is 15.5. The van der Waals surface area contributed by atoms with Crippen molar-refractivity contribution in [1.82, 2.24) is 4.90 Å². The lowest BCUT2D eigenvalue weighted by molar-refractivity contribution is -0.189. The molecule has 0 saturated carbocycles. The maximum atomic E-state index is 13.0. The quantitative estimate of drug-likeness (QED) is 0.519. The highest BCUT2D eigenvalue weighted by molar-refractivity contribution is 6.01. The number of hydrogen-bond donors (Lipinski definition) is 1. The molecule has 1 aromatic carbocycles. The van der Waals surface area contributed by atoms with Crippen LogP contribution in [0, 0.1) is 5.92 Å². The highest BCUT2D eigenvalue weighted by Crippen LogP contribution is 2.23. The molecule has 0 spiro atoms. The van der Waals surface area contributed by atoms with Gasteiger partial charge >= 0.3 is 11.9 Å². The number of carbonyl (C=O) groups is 3. The van der Waals surface area contributed by atoms with Crippen LogP contribution in [0.25, 0.3) is 0 Å². The fourth-order valence-corrected chi connectivity index (χ4v) is 2.90. The lowest BCUT2D eigenvalue weighted by Crippen LogP contribution is -2.57. The Morgan fingerprint density at radius 2 is 1.78 bits per heavy atom. The first-order chi connectivity index (χ1) is 13.0. The van der Waals surface area contributed by atoms with Crippen molar-refractivity contribution >= 4 is 17.8 Å². The maximum Gasteiger partial charge on any atom is 0.323 e. The van der Waals surface area contributed by atoms with Crippen molar-refractivity contribution in [2.75, 3.05) is 26.4 Å². The predicted octanol–water partition coefficient (Wildman–Crippen LogP) is 0.517. The largest absolute Gasteiger partial charge is 0.465 e. The molecular formula is C19H25NO7. The third-order valence-electron chi connectivity index (χ3n) is 4.12. The fourth-order valence-electron chi connectivity index (χ4n) is 2.90. The zero-order chi connectivity index (χ0) is 19.8. The molecular weight excluding hydrogens is 354 g/mol. The van der Waals surface area contributed by atoms with Crippen LogP contribution in [0.2, 0.25) is 0 Å². The van der Waals surface area contributed by atoms with Gasteiger partial charge in [-0.1, -0.05) is 30.3 Å². The third kappa shape index (κ3) is 5.27. The lowest BCUT2D eigenvalue weighted by atomic mass is 9.98. The molecule has 1 saturated heterocycles. The molecule has 2 atom stereocenters. The van der Waals surface area contributed by atoms with Gasteiger partial charge in [0.2, 0.25) is 0 Å². The van der Waals surface area contributed by atoms with Crippen LogP contribution in [-0.4, -0.2) is 66.4 Å². The Kier molecular flexibility index (Phi) is 7.75. The Labute approximate surface area is 158 Å². The molecule has 0 aliphatic carbocycles. The summed E-state index contributed by atoms with van der Waals surface area (Å²) in [6.07, 6.45) is -2.12. The van der Waals surface area contributed by atoms with E-state index in [9.17, 15) is 19.5 Å². The topological polar surface area (TPSA) is 102 Å². The molecule has 1 N–H and O–H groups in total. The van der Waals surface area contributed by atoms with Gasteiger partial charge in [-0.05, 0) is 19.4 Å². The number of ether oxygens (including phenoxy) is 3. The molecule has 1 amide bonds. The second-order valence-corrected chi connectivity index (χ2v) is 6.05. The van der Waals surface area contributed by atoms with Gasteiger partial charge in [0.15, 0.2) is 12.0 Å². The highest BCUT2D eigenvalue weighted by atomic mass is 16.6. The number of carbonyl (C=O) groups excluding carboxylic acids is 3. The molecule has 0 unspecified atom stereocenters. The van der Waals surface area contributed by atoms with Crippen molar-refractivity contribution in [2.45, 2.75) is 32.6 Å². The van der Waals surface area contributed by atoms with Crippen molar-refractivity contribution in [3.8, 4) is 0 Å². The van der Waals surface area contributed by atoms with E-state index < -0.39 is 36.0 Å². The first-order valence-electron chi connectivity index (χ1n) is 8.94. The average Bonchev–Trinajstić information content (AvgIpc) is 2.66. The molecule has 0 aromatic heterocycles. The smallest absolute Gasteiger partial charge is 0.323 e. The van der Waals surface area contributed by atoms with E-state index >= 15 is 0 Å². The minimum Gasteiger partial charge on any atom is -0.465 e. The van der Waals surface area contributed by atoms with Crippen LogP contribution in [0.1, 0.15) is 19.4 Å². The summed E-state index contributed by atoms with van der Waals surface area (Å²) in [4.78, 5) is 39.1. The molecule has 1 aliphatic rings. The molecule has 2 rings (SSSR count). The summed E-state index contributed by atoms with van der Waals surface area (Å²) in [6.45, 7) is 3.37. The van der Waals surface area contributed by atoms with E-state index in [2.05, 4.69) is 0 Å². The molecule has 148 valence electrons. The molecule has 1 fully saturated rings. The molecule has 0 radical (unpaired) electrons. The Morgan fingerprint density at radius 1 is 1.19 bits per heavy atom. The Morgan fingerprint density at radius 3 is 2.30 bits per heavy atom. The first kappa shape index (κ1) is 20.9. The van der Waals surface area contributed by atoms with Gasteiger partial charge < -0.3 is 24.2 Å². The second-order valence-electron chi connectivity index (χ2n) is 6.05. The number of amides is 1. The van der Waals surface area contributed by atoms with Crippen molar-refractivity contribution in [3.63, 3.8) is 0 Å². The summed E-state index contributed by atoms with van der Waals surface area (Å²) < 4.78 is 15.5. The lowest BCUT2D eigenvalue weighted by Gasteiger charge is -2.38. The summed E-state index contributed by atoms with van der Waals surface area (Å²) in [5.41, 5.74) is 0.881. The SMILES string of the molecule is CCOC(=O)C(C(=O)OCC)[C@H]1O[C@@H](CO)CN(Cc2ccccc2)C1=O. The van der Waals surface area contributed by atoms with Crippen LogP contribution in [0.15, 0.2) is 30.3 Å². The number of nitrogens with zero attached hydrogens (tertiary/aromatic N) is 1. The standard InChI is InChI=1S/C19H25NO7/c1-3-25-18(23)15(19(24)26-4-2)16-17(22)20(11-14(12-21)27-16)10-13-8-6-5-7-9-13/h5-9,14-16,21H,3-4,10-12H2,1-2H3/t14-,16-/m1/s1. The number of aliphatic hydroxyl groups is 1. The van der Waals surface area contributed by atoms with Crippen LogP contribution in [-0.2, 0) is 35.1 Å². The summed E-state index contributed by atoms with van der Waals surface area (Å²) in [5.74, 6) is -3.82. The summed E-state index contributed by atoms with van der Waals surface area (Å²) in [5, 5.41) is 9.55. The maximum absolute atomic E-state index is 13.0. The number of aliphatic hydroxyl groups excluding tert-OH is 1. The second kappa shape index (κ2) is 10.0. The van der Waals surface area contributed by atoms with Gasteiger partial charge in [-0.2, -0.15) is 0 Å². The third-order valence-corrected chi connectivity index (χ3v) is 4.12. The van der Waals surface area contributed by atoms with Gasteiger partial charge in [-0.3, -0.25) is 14.4 Å². The minimum atomic E-state index is -1.54. The first-order valence-corrected chi connectivity index (χ1v) is 8.94. The van der Waals surface area contributed by atoms with E-state index in [0.717, 1.165) is 5.56 Å². The number of hydrogen-bond acceptors (Lipinski definition) is 7. The Bertz CT molecular complexity index is 631. The van der Waals surface area contributed by atoms with E-state index in [4.69, 9.17) is 14.2 Å². The molecule has 1 heterocycles. The summed E-state index contributed by atoms with van der Waals surface area (Å²) >= 11 is 0. The van der Waals surface area contributed by atoms with Crippen LogP contribution >= 0.6 is 0 Å². The number of benzene rings is 1. The van der Waals surface area contributed by atoms with Crippen LogP contribution in [0.3, 0.4) is 0 Å².